The number of benzene rings is 3. The molecule has 5 rings (SSSR count). The van der Waals surface area contributed by atoms with E-state index in [1.54, 1.807) is 42.5 Å². The van der Waals surface area contributed by atoms with Gasteiger partial charge in [0.2, 0.25) is 5.78 Å². The molecule has 0 saturated carbocycles. The number of halogens is 2. The van der Waals surface area contributed by atoms with Gasteiger partial charge in [0.05, 0.1) is 32.9 Å². The van der Waals surface area contributed by atoms with E-state index in [-0.39, 0.29) is 23.7 Å². The summed E-state index contributed by atoms with van der Waals surface area (Å²) in [6.07, 6.45) is 0.352. The van der Waals surface area contributed by atoms with Crippen LogP contribution in [0.15, 0.2) is 76.4 Å². The van der Waals surface area contributed by atoms with Crippen molar-refractivity contribution >= 4 is 34.3 Å². The van der Waals surface area contributed by atoms with Crippen LogP contribution in [0.4, 0.5) is 4.39 Å². The largest absolute Gasteiger partial charge is 0.503 e. The monoisotopic (exact) mass is 565 g/mol. The maximum atomic E-state index is 13.9. The number of ether oxygens (including phenoxy) is 3. The first kappa shape index (κ1) is 27.1. The average molecular weight is 566 g/mol. The van der Waals surface area contributed by atoms with E-state index in [0.29, 0.717) is 45.2 Å². The SMILES string of the molecule is COc1ccc(C2C(C(=O)c3cc4cc(Cl)cc(OC)c4o3)=C(O)C(=O)N2CCc2ccc(F)cc2)cc1OC. The number of amides is 1. The number of rotatable bonds is 9. The van der Waals surface area contributed by atoms with Gasteiger partial charge in [-0.3, -0.25) is 9.59 Å². The number of carbonyl (C=O) groups is 2. The standard InChI is InChI=1S/C30H25ClFNO7/c1-37-21-9-6-17(13-22(21)38-2)26-25(27(34)23-14-18-12-19(31)15-24(39-3)29(18)40-23)28(35)30(36)33(26)11-10-16-4-7-20(32)8-5-16/h4-9,12-15,26,35H,10-11H2,1-3H3. The average Bonchev–Trinajstić information content (AvgIpc) is 3.50. The summed E-state index contributed by atoms with van der Waals surface area (Å²) in [4.78, 5) is 28.7. The second kappa shape index (κ2) is 10.9. The van der Waals surface area contributed by atoms with Gasteiger partial charge in [0.25, 0.3) is 5.91 Å². The van der Waals surface area contributed by atoms with Gasteiger partial charge >= 0.3 is 0 Å². The topological polar surface area (TPSA) is 98.4 Å². The Bertz CT molecular complexity index is 1640. The quantitative estimate of drug-likeness (QED) is 0.246. The molecule has 1 aromatic heterocycles. The van der Waals surface area contributed by atoms with Gasteiger partial charge in [0.1, 0.15) is 5.82 Å². The summed E-state index contributed by atoms with van der Waals surface area (Å²) in [5.74, 6) is -1.39. The number of hydrogen-bond acceptors (Lipinski definition) is 7. The highest BCUT2D eigenvalue weighted by molar-refractivity contribution is 6.31. The number of fused-ring (bicyclic) bond motifs is 1. The van der Waals surface area contributed by atoms with E-state index < -0.39 is 23.5 Å². The minimum atomic E-state index is -0.973. The van der Waals surface area contributed by atoms with E-state index in [1.165, 1.54) is 44.4 Å². The van der Waals surface area contributed by atoms with Crippen molar-refractivity contribution in [2.75, 3.05) is 27.9 Å². The van der Waals surface area contributed by atoms with Crippen LogP contribution in [0, 0.1) is 5.82 Å². The third kappa shape index (κ3) is 4.84. The first-order valence-electron chi connectivity index (χ1n) is 12.3. The van der Waals surface area contributed by atoms with Crippen molar-refractivity contribution in [3.05, 3.63) is 99.7 Å². The second-order valence-corrected chi connectivity index (χ2v) is 9.56. The number of aliphatic hydroxyl groups is 1. The van der Waals surface area contributed by atoms with Crippen molar-refractivity contribution in [1.29, 1.82) is 0 Å². The second-order valence-electron chi connectivity index (χ2n) is 9.12. The van der Waals surface area contributed by atoms with Crippen molar-refractivity contribution in [3.63, 3.8) is 0 Å². The number of hydrogen-bond donors (Lipinski definition) is 1. The van der Waals surface area contributed by atoms with Crippen LogP contribution < -0.4 is 14.2 Å². The molecule has 40 heavy (non-hydrogen) atoms. The van der Waals surface area contributed by atoms with E-state index >= 15 is 0 Å². The van der Waals surface area contributed by atoms with E-state index in [1.807, 2.05) is 0 Å². The molecule has 1 atom stereocenters. The molecule has 1 unspecified atom stereocenters. The fourth-order valence-electron chi connectivity index (χ4n) is 4.87. The first-order chi connectivity index (χ1) is 19.2. The lowest BCUT2D eigenvalue weighted by atomic mass is 9.94. The first-order valence-corrected chi connectivity index (χ1v) is 12.7. The van der Waals surface area contributed by atoms with Crippen LogP contribution >= 0.6 is 11.6 Å². The number of furan rings is 1. The zero-order valence-corrected chi connectivity index (χ0v) is 22.6. The smallest absolute Gasteiger partial charge is 0.290 e. The van der Waals surface area contributed by atoms with Crippen LogP contribution in [0.1, 0.15) is 27.7 Å². The summed E-state index contributed by atoms with van der Waals surface area (Å²) in [7, 11) is 4.42. The number of aliphatic hydroxyl groups excluding tert-OH is 1. The van der Waals surface area contributed by atoms with Gasteiger partial charge in [-0.15, -0.1) is 0 Å². The molecule has 0 bridgehead atoms. The molecule has 3 aromatic carbocycles. The van der Waals surface area contributed by atoms with E-state index in [9.17, 15) is 19.1 Å². The maximum Gasteiger partial charge on any atom is 0.290 e. The maximum absolute atomic E-state index is 13.9. The summed E-state index contributed by atoms with van der Waals surface area (Å²) in [5, 5.41) is 12.0. The molecule has 206 valence electrons. The van der Waals surface area contributed by atoms with Crippen molar-refractivity contribution < 1.29 is 37.7 Å². The Balaban J connectivity index is 1.58. The molecular weight excluding hydrogens is 541 g/mol. The Labute approximate surface area is 234 Å². The lowest BCUT2D eigenvalue weighted by Gasteiger charge is -2.27. The van der Waals surface area contributed by atoms with Crippen LogP contribution in [0.2, 0.25) is 5.02 Å². The van der Waals surface area contributed by atoms with Crippen LogP contribution in [0.3, 0.4) is 0 Å². The normalized spacial score (nSPS) is 15.2. The van der Waals surface area contributed by atoms with Gasteiger partial charge < -0.3 is 28.6 Å². The molecule has 8 nitrogen and oxygen atoms in total. The van der Waals surface area contributed by atoms with Crippen LogP contribution in [-0.4, -0.2) is 49.6 Å². The van der Waals surface area contributed by atoms with E-state index in [2.05, 4.69) is 0 Å². The summed E-state index contributed by atoms with van der Waals surface area (Å²) in [5.41, 5.74) is 1.44. The summed E-state index contributed by atoms with van der Waals surface area (Å²) in [6, 6.07) is 14.6. The molecule has 0 fully saturated rings. The van der Waals surface area contributed by atoms with Crippen LogP contribution in [0.25, 0.3) is 11.0 Å². The molecule has 10 heteroatoms. The Morgan fingerprint density at radius 2 is 1.68 bits per heavy atom. The Kier molecular flexibility index (Phi) is 7.40. The van der Waals surface area contributed by atoms with Crippen molar-refractivity contribution in [3.8, 4) is 17.2 Å². The van der Waals surface area contributed by atoms with Crippen molar-refractivity contribution in [2.45, 2.75) is 12.5 Å². The fraction of sp³-hybridized carbons (Fsp3) is 0.200. The molecule has 0 aliphatic carbocycles. The number of Topliss-reactive ketones (excluding diaryl/α,β-unsaturated/α-hetero) is 1. The van der Waals surface area contributed by atoms with Crippen molar-refractivity contribution in [1.82, 2.24) is 4.90 Å². The zero-order chi connectivity index (χ0) is 28.6. The molecule has 1 N–H and O–H groups in total. The lowest BCUT2D eigenvalue weighted by molar-refractivity contribution is -0.129. The molecular formula is C30H25ClFNO7. The third-order valence-corrected chi connectivity index (χ3v) is 7.04. The molecule has 2 heterocycles. The zero-order valence-electron chi connectivity index (χ0n) is 21.9. The van der Waals surface area contributed by atoms with Crippen LogP contribution in [-0.2, 0) is 11.2 Å². The van der Waals surface area contributed by atoms with Gasteiger partial charge in [-0.1, -0.05) is 29.8 Å². The number of carbonyl (C=O) groups excluding carboxylic acids is 2. The van der Waals surface area contributed by atoms with Gasteiger partial charge in [-0.2, -0.15) is 0 Å². The minimum Gasteiger partial charge on any atom is -0.503 e. The van der Waals surface area contributed by atoms with Gasteiger partial charge in [-0.05, 0) is 53.9 Å². The number of ketones is 1. The van der Waals surface area contributed by atoms with E-state index in [0.717, 1.165) is 5.56 Å². The Morgan fingerprint density at radius 3 is 2.35 bits per heavy atom. The molecule has 1 amide bonds. The molecule has 1 aliphatic heterocycles. The minimum absolute atomic E-state index is 0.101. The van der Waals surface area contributed by atoms with Crippen molar-refractivity contribution in [2.24, 2.45) is 0 Å². The number of nitrogens with zero attached hydrogens (tertiary/aromatic N) is 1. The van der Waals surface area contributed by atoms with Gasteiger partial charge in [0.15, 0.2) is 34.4 Å². The summed E-state index contributed by atoms with van der Waals surface area (Å²) >= 11 is 6.18. The fourth-order valence-corrected chi connectivity index (χ4v) is 5.09. The predicted octanol–water partition coefficient (Wildman–Crippen LogP) is 6.07. The molecule has 0 radical (unpaired) electrons. The lowest BCUT2D eigenvalue weighted by Crippen LogP contribution is -2.33. The van der Waals surface area contributed by atoms with Crippen LogP contribution in [0.5, 0.6) is 17.2 Å². The third-order valence-electron chi connectivity index (χ3n) is 6.82. The van der Waals surface area contributed by atoms with Gasteiger partial charge in [0, 0.05) is 23.0 Å². The highest BCUT2D eigenvalue weighted by Crippen LogP contribution is 2.43. The highest BCUT2D eigenvalue weighted by atomic mass is 35.5. The molecule has 4 aromatic rings. The molecule has 1 aliphatic rings. The number of methoxy groups -OCH3 is 3. The summed E-state index contributed by atoms with van der Waals surface area (Å²) in [6.45, 7) is 0.133. The molecule has 0 saturated heterocycles. The highest BCUT2D eigenvalue weighted by Gasteiger charge is 2.44. The predicted molar refractivity (Wildman–Crippen MR) is 146 cm³/mol. The molecule has 0 spiro atoms. The Morgan fingerprint density at radius 1 is 0.975 bits per heavy atom. The summed E-state index contributed by atoms with van der Waals surface area (Å²) < 4.78 is 35.4. The Hall–Kier alpha value is -4.50. The van der Waals surface area contributed by atoms with Gasteiger partial charge in [-0.25, -0.2) is 4.39 Å². The van der Waals surface area contributed by atoms with E-state index in [4.69, 9.17) is 30.2 Å².